The van der Waals surface area contributed by atoms with Gasteiger partial charge in [-0.05, 0) is 124 Å². The molecule has 0 radical (unpaired) electrons. The number of para-hydroxylation sites is 1. The molecule has 1 aliphatic heterocycles. The van der Waals surface area contributed by atoms with Crippen LogP contribution in [0.25, 0.3) is 104 Å². The van der Waals surface area contributed by atoms with Gasteiger partial charge < -0.3 is 9.15 Å². The molecule has 2 heteroatoms. The largest absolute Gasteiger partial charge is 0.461 e. The Hall–Kier alpha value is -7.68. The summed E-state index contributed by atoms with van der Waals surface area (Å²) < 4.78 is 13.2. The molecule has 1 unspecified atom stereocenters. The van der Waals surface area contributed by atoms with Gasteiger partial charge in [0.1, 0.15) is 22.7 Å². The Balaban J connectivity index is 1.02. The van der Waals surface area contributed by atoms with Crippen molar-refractivity contribution in [2.75, 3.05) is 0 Å². The van der Waals surface area contributed by atoms with E-state index < -0.39 is 0 Å². The maximum atomic E-state index is 6.88. The van der Waals surface area contributed by atoms with Crippen LogP contribution in [0.4, 0.5) is 0 Å². The molecule has 1 atom stereocenters. The van der Waals surface area contributed by atoms with E-state index in [0.29, 0.717) is 0 Å². The molecule has 0 bridgehead atoms. The fourth-order valence-electron chi connectivity index (χ4n) is 10.5. The van der Waals surface area contributed by atoms with Crippen LogP contribution in [0.3, 0.4) is 0 Å². The zero-order chi connectivity index (χ0) is 39.3. The van der Waals surface area contributed by atoms with E-state index in [1.807, 2.05) is 0 Å². The molecular formula is C58H36O2. The van der Waals surface area contributed by atoms with Crippen molar-refractivity contribution in [2.24, 2.45) is 0 Å². The van der Waals surface area contributed by atoms with Gasteiger partial charge in [0.2, 0.25) is 0 Å². The molecule has 0 amide bonds. The molecule has 13 rings (SSSR count). The Morgan fingerprint density at radius 3 is 1.58 bits per heavy atom. The summed E-state index contributed by atoms with van der Waals surface area (Å²) in [5, 5.41) is 12.2. The van der Waals surface area contributed by atoms with Crippen LogP contribution in [0, 0.1) is 0 Å². The third-order valence-corrected chi connectivity index (χ3v) is 13.0. The van der Waals surface area contributed by atoms with Gasteiger partial charge in [-0.1, -0.05) is 170 Å². The fourth-order valence-corrected chi connectivity index (χ4v) is 10.5. The number of ether oxygens (including phenoxy) is 1. The van der Waals surface area contributed by atoms with Crippen molar-refractivity contribution in [3.63, 3.8) is 0 Å². The Morgan fingerprint density at radius 2 is 0.933 bits per heavy atom. The second kappa shape index (κ2) is 12.9. The second-order valence-corrected chi connectivity index (χ2v) is 16.2. The second-order valence-electron chi connectivity index (χ2n) is 16.2. The minimum atomic E-state index is 0.215. The maximum Gasteiger partial charge on any atom is 0.136 e. The van der Waals surface area contributed by atoms with Gasteiger partial charge in [0.25, 0.3) is 0 Å². The van der Waals surface area contributed by atoms with E-state index in [-0.39, 0.29) is 5.92 Å². The van der Waals surface area contributed by atoms with Gasteiger partial charge in [0.15, 0.2) is 0 Å². The number of rotatable bonds is 4. The molecule has 10 aromatic carbocycles. The van der Waals surface area contributed by atoms with Gasteiger partial charge in [0.05, 0.1) is 0 Å². The van der Waals surface area contributed by atoms with Gasteiger partial charge >= 0.3 is 0 Å². The predicted octanol–water partition coefficient (Wildman–Crippen LogP) is 16.0. The van der Waals surface area contributed by atoms with E-state index >= 15 is 0 Å². The van der Waals surface area contributed by atoms with Gasteiger partial charge in [-0.3, -0.25) is 0 Å². The first-order chi connectivity index (χ1) is 29.8. The van der Waals surface area contributed by atoms with Crippen molar-refractivity contribution in [1.82, 2.24) is 0 Å². The Morgan fingerprint density at radius 1 is 0.383 bits per heavy atom. The first-order valence-electron chi connectivity index (χ1n) is 20.8. The molecule has 0 N–H and O–H groups in total. The van der Waals surface area contributed by atoms with Gasteiger partial charge in [-0.2, -0.15) is 0 Å². The van der Waals surface area contributed by atoms with E-state index in [1.165, 1.54) is 87.6 Å². The van der Waals surface area contributed by atoms with E-state index in [2.05, 4.69) is 200 Å². The standard InChI is InChI=1S/C58H36O2/c1-2-15-35(16-3-1)54-39-18-4-6-20-41(39)56(42-21-7-5-19-40(42)54)37-29-31-47-53(34-37)60-52-28-14-26-48(58(47)52)57-45-24-10-8-22-43(45)55(44-23-9-11-25-46(44)57)36-30-32-51-49(33-36)38-17-12-13-27-50(38)59-51/h1-32,34,49H,33H2. The van der Waals surface area contributed by atoms with Crippen LogP contribution in [-0.4, -0.2) is 0 Å². The van der Waals surface area contributed by atoms with Crippen LogP contribution >= 0.6 is 0 Å². The van der Waals surface area contributed by atoms with Crippen LogP contribution in [0.2, 0.25) is 0 Å². The van der Waals surface area contributed by atoms with Crippen LogP contribution in [-0.2, 0) is 0 Å². The molecule has 60 heavy (non-hydrogen) atoms. The average Bonchev–Trinajstić information content (AvgIpc) is 3.88. The Bertz CT molecular complexity index is 3540. The summed E-state index contributed by atoms with van der Waals surface area (Å²) in [4.78, 5) is 0. The number of fused-ring (bicyclic) bond motifs is 10. The molecule has 11 aromatic rings. The summed E-state index contributed by atoms with van der Waals surface area (Å²) in [7, 11) is 0. The van der Waals surface area contributed by atoms with Crippen molar-refractivity contribution in [3.8, 4) is 39.1 Å². The van der Waals surface area contributed by atoms with Crippen molar-refractivity contribution in [2.45, 2.75) is 12.3 Å². The summed E-state index contributed by atoms with van der Waals surface area (Å²) in [5.41, 5.74) is 12.9. The highest BCUT2D eigenvalue weighted by Crippen LogP contribution is 2.52. The predicted molar refractivity (Wildman–Crippen MR) is 251 cm³/mol. The lowest BCUT2D eigenvalue weighted by atomic mass is 9.80. The normalized spacial score (nSPS) is 14.8. The highest BCUT2D eigenvalue weighted by molar-refractivity contribution is 6.25. The molecule has 280 valence electrons. The van der Waals surface area contributed by atoms with E-state index in [0.717, 1.165) is 45.4 Å². The molecule has 1 aliphatic carbocycles. The third-order valence-electron chi connectivity index (χ3n) is 13.0. The Labute approximate surface area is 346 Å². The first kappa shape index (κ1) is 33.3. The van der Waals surface area contributed by atoms with Crippen LogP contribution in [0.15, 0.2) is 210 Å². The average molecular weight is 765 g/mol. The highest BCUT2D eigenvalue weighted by Gasteiger charge is 2.33. The highest BCUT2D eigenvalue weighted by atomic mass is 16.5. The minimum absolute atomic E-state index is 0.215. The van der Waals surface area contributed by atoms with Gasteiger partial charge in [0, 0.05) is 22.3 Å². The summed E-state index contributed by atoms with van der Waals surface area (Å²) in [6, 6.07) is 68.2. The molecule has 0 fully saturated rings. The molecule has 2 heterocycles. The number of furan rings is 1. The van der Waals surface area contributed by atoms with Crippen molar-refractivity contribution >= 4 is 70.6 Å². The maximum absolute atomic E-state index is 6.88. The summed E-state index contributed by atoms with van der Waals surface area (Å²) >= 11 is 0. The molecule has 0 saturated carbocycles. The van der Waals surface area contributed by atoms with E-state index in [1.54, 1.807) is 0 Å². The fraction of sp³-hybridized carbons (Fsp3) is 0.0345. The van der Waals surface area contributed by atoms with Gasteiger partial charge in [-0.25, -0.2) is 0 Å². The number of hydrogen-bond donors (Lipinski definition) is 0. The zero-order valence-corrected chi connectivity index (χ0v) is 32.7. The molecule has 0 saturated heterocycles. The lowest BCUT2D eigenvalue weighted by molar-refractivity contribution is 0.426. The number of allylic oxidation sites excluding steroid dienone is 4. The monoisotopic (exact) mass is 764 g/mol. The topological polar surface area (TPSA) is 22.4 Å². The quantitative estimate of drug-likeness (QED) is 0.167. The molecule has 2 nitrogen and oxygen atoms in total. The van der Waals surface area contributed by atoms with Gasteiger partial charge in [-0.15, -0.1) is 0 Å². The van der Waals surface area contributed by atoms with Crippen LogP contribution in [0.1, 0.15) is 23.5 Å². The van der Waals surface area contributed by atoms with E-state index in [9.17, 15) is 0 Å². The third kappa shape index (κ3) is 4.82. The first-order valence-corrected chi connectivity index (χ1v) is 20.8. The summed E-state index contributed by atoms with van der Waals surface area (Å²) in [6.45, 7) is 0. The molecular weight excluding hydrogens is 729 g/mol. The minimum Gasteiger partial charge on any atom is -0.461 e. The summed E-state index contributed by atoms with van der Waals surface area (Å²) in [6.07, 6.45) is 5.37. The van der Waals surface area contributed by atoms with Crippen LogP contribution < -0.4 is 4.74 Å². The van der Waals surface area contributed by atoms with Crippen molar-refractivity contribution < 1.29 is 9.15 Å². The lowest BCUT2D eigenvalue weighted by Crippen LogP contribution is -2.05. The molecule has 2 aliphatic rings. The molecule has 1 aromatic heterocycles. The van der Waals surface area contributed by atoms with Crippen molar-refractivity contribution in [1.29, 1.82) is 0 Å². The van der Waals surface area contributed by atoms with Crippen molar-refractivity contribution in [3.05, 3.63) is 217 Å². The Kier molecular flexibility index (Phi) is 7.17. The number of benzene rings is 10. The van der Waals surface area contributed by atoms with E-state index in [4.69, 9.17) is 9.15 Å². The SMILES string of the molecule is C1=C(c2c3ccccc3c(-c3cccc4oc5cc(-c6c7ccccc7c(-c7ccccc7)c7ccccc67)ccc5c34)c3ccccc23)CC2C(=C1)Oc1ccccc12. The smallest absolute Gasteiger partial charge is 0.136 e. The summed E-state index contributed by atoms with van der Waals surface area (Å²) in [5.74, 6) is 2.23. The number of hydrogen-bond acceptors (Lipinski definition) is 2. The molecule has 0 spiro atoms. The van der Waals surface area contributed by atoms with Crippen LogP contribution in [0.5, 0.6) is 5.75 Å². The zero-order valence-electron chi connectivity index (χ0n) is 32.7. The lowest BCUT2D eigenvalue weighted by Gasteiger charge is -2.23.